The first-order valence-corrected chi connectivity index (χ1v) is 11.7. The molecule has 0 radical (unpaired) electrons. The first-order valence-electron chi connectivity index (χ1n) is 10.9. The Bertz CT molecular complexity index is 1350. The van der Waals surface area contributed by atoms with Gasteiger partial charge in [0.15, 0.2) is 0 Å². The van der Waals surface area contributed by atoms with Gasteiger partial charge in [0.2, 0.25) is 0 Å². The molecule has 0 unspecified atom stereocenters. The van der Waals surface area contributed by atoms with Crippen molar-refractivity contribution in [1.82, 2.24) is 0 Å². The maximum Gasteiger partial charge on any atom is 0.262 e. The van der Waals surface area contributed by atoms with E-state index in [2.05, 4.69) is 5.32 Å². The summed E-state index contributed by atoms with van der Waals surface area (Å²) < 4.78 is 6.04. The predicted octanol–water partition coefficient (Wildman–Crippen LogP) is 7.65. The van der Waals surface area contributed by atoms with Crippen molar-refractivity contribution in [3.8, 4) is 5.75 Å². The summed E-state index contributed by atoms with van der Waals surface area (Å²) >= 11 is 12.3. The largest absolute Gasteiger partial charge is 0.489 e. The molecule has 1 aliphatic heterocycles. The van der Waals surface area contributed by atoms with Gasteiger partial charge in [0.05, 0.1) is 5.56 Å². The number of rotatable bonds is 5. The molecule has 1 atom stereocenters. The highest BCUT2D eigenvalue weighted by Gasteiger charge is 2.34. The van der Waals surface area contributed by atoms with Gasteiger partial charge in [-0.15, -0.1) is 0 Å². The summed E-state index contributed by atoms with van der Waals surface area (Å²) in [5.41, 5.74) is 5.15. The third kappa shape index (κ3) is 4.47. The highest BCUT2D eigenvalue weighted by Crippen LogP contribution is 2.37. The zero-order valence-corrected chi connectivity index (χ0v) is 20.0. The monoisotopic (exact) mass is 488 g/mol. The number of nitrogens with zero attached hydrogens (tertiary/aromatic N) is 1. The van der Waals surface area contributed by atoms with Crippen LogP contribution in [0.5, 0.6) is 5.75 Å². The molecule has 5 rings (SSSR count). The lowest BCUT2D eigenvalue weighted by Gasteiger charge is -2.38. The van der Waals surface area contributed by atoms with E-state index in [4.69, 9.17) is 27.9 Å². The number of aryl methyl sites for hydroxylation is 1. The molecule has 0 aliphatic carbocycles. The normalized spacial score (nSPS) is 15.0. The van der Waals surface area contributed by atoms with Crippen LogP contribution in [-0.2, 0) is 6.61 Å². The third-order valence-corrected chi connectivity index (χ3v) is 6.41. The summed E-state index contributed by atoms with van der Waals surface area (Å²) in [6, 6.07) is 28.6. The topological polar surface area (TPSA) is 41.6 Å². The van der Waals surface area contributed by atoms with E-state index < -0.39 is 6.17 Å². The number of nitrogens with one attached hydrogen (secondary N) is 1. The number of para-hydroxylation sites is 1. The first kappa shape index (κ1) is 22.3. The number of benzene rings is 4. The van der Waals surface area contributed by atoms with Crippen LogP contribution in [0.3, 0.4) is 0 Å². The van der Waals surface area contributed by atoms with Gasteiger partial charge in [-0.2, -0.15) is 0 Å². The minimum Gasteiger partial charge on any atom is -0.489 e. The van der Waals surface area contributed by atoms with Crippen LogP contribution in [0.1, 0.15) is 33.2 Å². The lowest BCUT2D eigenvalue weighted by atomic mass is 10.0. The zero-order valence-electron chi connectivity index (χ0n) is 18.5. The Kier molecular flexibility index (Phi) is 6.18. The van der Waals surface area contributed by atoms with E-state index in [0.29, 0.717) is 28.0 Å². The van der Waals surface area contributed by atoms with E-state index in [0.717, 1.165) is 28.1 Å². The lowest BCUT2D eigenvalue weighted by molar-refractivity contribution is 0.0975. The smallest absolute Gasteiger partial charge is 0.262 e. The second kappa shape index (κ2) is 9.41. The van der Waals surface area contributed by atoms with Crippen molar-refractivity contribution in [3.63, 3.8) is 0 Å². The van der Waals surface area contributed by atoms with Crippen LogP contribution in [0.15, 0.2) is 91.0 Å². The molecule has 1 amide bonds. The maximum atomic E-state index is 13.6. The molecule has 0 spiro atoms. The van der Waals surface area contributed by atoms with E-state index in [9.17, 15) is 4.79 Å². The highest BCUT2D eigenvalue weighted by molar-refractivity contribution is 6.35. The summed E-state index contributed by atoms with van der Waals surface area (Å²) in [5, 5.41) is 4.68. The van der Waals surface area contributed by atoms with E-state index >= 15 is 0 Å². The second-order valence-electron chi connectivity index (χ2n) is 8.20. The molecule has 1 N–H and O–H groups in total. The minimum absolute atomic E-state index is 0.0533. The third-order valence-electron chi connectivity index (χ3n) is 5.82. The fourth-order valence-electron chi connectivity index (χ4n) is 4.03. The summed E-state index contributed by atoms with van der Waals surface area (Å²) in [7, 11) is 0. The number of anilines is 2. The Balaban J connectivity index is 1.48. The molecular weight excluding hydrogens is 467 g/mol. The molecule has 4 nitrogen and oxygen atoms in total. The molecule has 0 aromatic heterocycles. The minimum atomic E-state index is -0.396. The van der Waals surface area contributed by atoms with Gasteiger partial charge in [0.1, 0.15) is 18.5 Å². The van der Waals surface area contributed by atoms with Crippen molar-refractivity contribution in [2.24, 2.45) is 0 Å². The van der Waals surface area contributed by atoms with Crippen LogP contribution in [0.4, 0.5) is 11.4 Å². The molecule has 0 saturated carbocycles. The van der Waals surface area contributed by atoms with Crippen molar-refractivity contribution in [3.05, 3.63) is 123 Å². The standard InChI is InChI=1S/C28H22Cl2N2O2/c1-18-9-13-22(14-10-18)32-27(31-26-8-3-2-7-24(26)28(32)33)19-5-4-6-23(15-19)34-17-20-11-12-21(29)16-25(20)30/h2-16,27,31H,17H2,1H3/t27-/m1/s1. The van der Waals surface area contributed by atoms with Crippen LogP contribution in [0.25, 0.3) is 0 Å². The summed E-state index contributed by atoms with van der Waals surface area (Å²) in [4.78, 5) is 15.4. The van der Waals surface area contributed by atoms with Gasteiger partial charge in [0.25, 0.3) is 5.91 Å². The van der Waals surface area contributed by atoms with Gasteiger partial charge in [-0.05, 0) is 61.0 Å². The van der Waals surface area contributed by atoms with Crippen LogP contribution >= 0.6 is 23.2 Å². The fourth-order valence-corrected chi connectivity index (χ4v) is 4.50. The average Bonchev–Trinajstić information content (AvgIpc) is 2.84. The summed E-state index contributed by atoms with van der Waals surface area (Å²) in [6.07, 6.45) is -0.396. The molecule has 170 valence electrons. The Labute approximate surface area is 208 Å². The molecule has 0 saturated heterocycles. The van der Waals surface area contributed by atoms with Gasteiger partial charge in [0, 0.05) is 27.0 Å². The van der Waals surface area contributed by atoms with Gasteiger partial charge in [-0.1, -0.05) is 71.2 Å². The van der Waals surface area contributed by atoms with Crippen molar-refractivity contribution in [2.75, 3.05) is 10.2 Å². The lowest BCUT2D eigenvalue weighted by Crippen LogP contribution is -2.43. The fraction of sp³-hybridized carbons (Fsp3) is 0.107. The van der Waals surface area contributed by atoms with Gasteiger partial charge in [-0.25, -0.2) is 0 Å². The highest BCUT2D eigenvalue weighted by atomic mass is 35.5. The Morgan fingerprint density at radius 3 is 2.50 bits per heavy atom. The number of carbonyl (C=O) groups is 1. The SMILES string of the molecule is Cc1ccc(N2C(=O)c3ccccc3N[C@H]2c2cccc(OCc3ccc(Cl)cc3Cl)c2)cc1. The van der Waals surface area contributed by atoms with Crippen molar-refractivity contribution in [1.29, 1.82) is 0 Å². The number of amides is 1. The number of hydrogen-bond donors (Lipinski definition) is 1. The molecular formula is C28H22Cl2N2O2. The summed E-state index contributed by atoms with van der Waals surface area (Å²) in [5.74, 6) is 0.628. The van der Waals surface area contributed by atoms with Crippen LogP contribution in [0, 0.1) is 6.92 Å². The van der Waals surface area contributed by atoms with E-state index in [-0.39, 0.29) is 5.91 Å². The average molecular weight is 489 g/mol. The van der Waals surface area contributed by atoms with Crippen LogP contribution in [-0.4, -0.2) is 5.91 Å². The van der Waals surface area contributed by atoms with Crippen molar-refractivity contribution in [2.45, 2.75) is 19.7 Å². The molecule has 1 aliphatic rings. The molecule has 4 aromatic carbocycles. The summed E-state index contributed by atoms with van der Waals surface area (Å²) in [6.45, 7) is 2.33. The molecule has 34 heavy (non-hydrogen) atoms. The quantitative estimate of drug-likeness (QED) is 0.313. The maximum absolute atomic E-state index is 13.6. The molecule has 6 heteroatoms. The number of ether oxygens (including phenoxy) is 1. The number of carbonyl (C=O) groups excluding carboxylic acids is 1. The Morgan fingerprint density at radius 1 is 0.912 bits per heavy atom. The first-order chi connectivity index (χ1) is 16.5. The van der Waals surface area contributed by atoms with Gasteiger partial charge in [-0.3, -0.25) is 9.69 Å². The van der Waals surface area contributed by atoms with E-state index in [1.54, 1.807) is 17.0 Å². The molecule has 4 aromatic rings. The zero-order chi connectivity index (χ0) is 23.7. The van der Waals surface area contributed by atoms with Gasteiger partial charge < -0.3 is 10.1 Å². The van der Waals surface area contributed by atoms with Gasteiger partial charge >= 0.3 is 0 Å². The Hall–Kier alpha value is -3.47. The molecule has 1 heterocycles. The van der Waals surface area contributed by atoms with E-state index in [1.807, 2.05) is 85.8 Å². The molecule has 0 fully saturated rings. The van der Waals surface area contributed by atoms with Crippen molar-refractivity contribution >= 4 is 40.5 Å². The molecule has 0 bridgehead atoms. The van der Waals surface area contributed by atoms with Crippen molar-refractivity contribution < 1.29 is 9.53 Å². The predicted molar refractivity (Wildman–Crippen MR) is 138 cm³/mol. The number of fused-ring (bicyclic) bond motifs is 1. The van der Waals surface area contributed by atoms with E-state index in [1.165, 1.54) is 0 Å². The number of halogens is 2. The second-order valence-corrected chi connectivity index (χ2v) is 9.04. The van der Waals surface area contributed by atoms with Crippen LogP contribution < -0.4 is 15.0 Å². The van der Waals surface area contributed by atoms with Crippen LogP contribution in [0.2, 0.25) is 10.0 Å². The Morgan fingerprint density at radius 2 is 1.71 bits per heavy atom. The number of hydrogen-bond acceptors (Lipinski definition) is 3.